The van der Waals surface area contributed by atoms with E-state index in [9.17, 15) is 0 Å². The van der Waals surface area contributed by atoms with E-state index < -0.39 is 0 Å². The van der Waals surface area contributed by atoms with Gasteiger partial charge in [0, 0.05) is 0 Å². The van der Waals surface area contributed by atoms with Crippen molar-refractivity contribution in [1.29, 1.82) is 0 Å². The van der Waals surface area contributed by atoms with Crippen LogP contribution in [0.4, 0.5) is 0 Å². The first-order valence-electron chi connectivity index (χ1n) is 9.95. The highest BCUT2D eigenvalue weighted by Gasteiger charge is 2.34. The van der Waals surface area contributed by atoms with Crippen LogP contribution in [0.3, 0.4) is 0 Å². The fraction of sp³-hybridized carbons (Fsp3) is 0.739. The Hall–Kier alpha value is -0.780. The first-order chi connectivity index (χ1) is 11.1. The summed E-state index contributed by atoms with van der Waals surface area (Å²) in [5.41, 5.74) is 0. The molecule has 0 amide bonds. The van der Waals surface area contributed by atoms with Gasteiger partial charge in [-0.2, -0.15) is 0 Å². The summed E-state index contributed by atoms with van der Waals surface area (Å²) in [6.45, 7) is 14.6. The number of hydrogen-bond acceptors (Lipinski definition) is 0. The molecule has 23 heavy (non-hydrogen) atoms. The molecule has 2 aliphatic rings. The Morgan fingerprint density at radius 2 is 1.74 bits per heavy atom. The summed E-state index contributed by atoms with van der Waals surface area (Å²) in [4.78, 5) is 0. The molecule has 0 aromatic rings. The maximum Gasteiger partial charge on any atom is -0.0353 e. The largest absolute Gasteiger partial charge is 0.0991 e. The van der Waals surface area contributed by atoms with Crippen molar-refractivity contribution < 1.29 is 0 Å². The molecule has 0 nitrogen and oxygen atoms in total. The number of fused-ring (bicyclic) bond motifs is 1. The molecule has 0 saturated heterocycles. The Kier molecular flexibility index (Phi) is 14.3. The third-order valence-electron chi connectivity index (χ3n) is 5.29. The molecular formula is C23H42. The highest BCUT2D eigenvalue weighted by Crippen LogP contribution is 2.45. The molecule has 0 aromatic heterocycles. The minimum Gasteiger partial charge on any atom is -0.0991 e. The molecule has 2 aliphatic carbocycles. The van der Waals surface area contributed by atoms with Crippen molar-refractivity contribution in [1.82, 2.24) is 0 Å². The van der Waals surface area contributed by atoms with Crippen molar-refractivity contribution >= 4 is 0 Å². The average molecular weight is 319 g/mol. The lowest BCUT2D eigenvalue weighted by Crippen LogP contribution is -2.31. The second kappa shape index (κ2) is 14.8. The zero-order valence-electron chi connectivity index (χ0n) is 16.6. The zero-order chi connectivity index (χ0) is 17.5. The van der Waals surface area contributed by atoms with Crippen molar-refractivity contribution in [3.63, 3.8) is 0 Å². The third kappa shape index (κ3) is 10.6. The number of unbranched alkanes of at least 4 members (excludes halogenated alkanes) is 1. The topological polar surface area (TPSA) is 0 Å². The maximum atomic E-state index is 3.46. The van der Waals surface area contributed by atoms with Crippen LogP contribution in [0.5, 0.6) is 0 Å². The van der Waals surface area contributed by atoms with E-state index in [1.54, 1.807) is 12.5 Å². The predicted molar refractivity (Wildman–Crippen MR) is 108 cm³/mol. The van der Waals surface area contributed by atoms with Crippen LogP contribution in [-0.2, 0) is 0 Å². The molecule has 2 rings (SSSR count). The molecule has 2 saturated carbocycles. The van der Waals surface area contributed by atoms with Crippen molar-refractivity contribution in [3.05, 3.63) is 37.0 Å². The summed E-state index contributed by atoms with van der Waals surface area (Å²) < 4.78 is 0. The first kappa shape index (κ1) is 22.2. The molecule has 134 valence electrons. The van der Waals surface area contributed by atoms with Crippen molar-refractivity contribution in [2.75, 3.05) is 0 Å². The van der Waals surface area contributed by atoms with E-state index in [4.69, 9.17) is 0 Å². The second-order valence-corrected chi connectivity index (χ2v) is 7.37. The third-order valence-corrected chi connectivity index (χ3v) is 5.29. The minimum atomic E-state index is 1.02. The quantitative estimate of drug-likeness (QED) is 0.365. The first-order valence-corrected chi connectivity index (χ1v) is 9.95. The summed E-state index contributed by atoms with van der Waals surface area (Å²) in [7, 11) is 0. The summed E-state index contributed by atoms with van der Waals surface area (Å²) in [5, 5.41) is 0. The van der Waals surface area contributed by atoms with Gasteiger partial charge in [-0.15, -0.1) is 0 Å². The summed E-state index contributed by atoms with van der Waals surface area (Å²) >= 11 is 0. The molecule has 1 unspecified atom stereocenters. The highest BCUT2D eigenvalue weighted by molar-refractivity contribution is 4.94. The molecule has 0 N–H and O–H groups in total. The van der Waals surface area contributed by atoms with Crippen LogP contribution in [0.2, 0.25) is 0 Å². The second-order valence-electron chi connectivity index (χ2n) is 7.37. The van der Waals surface area contributed by atoms with Crippen LogP contribution in [0.15, 0.2) is 37.0 Å². The zero-order valence-corrected chi connectivity index (χ0v) is 16.6. The fourth-order valence-corrected chi connectivity index (χ4v) is 3.99. The molecular weight excluding hydrogens is 276 g/mol. The number of allylic oxidation sites excluding steroid dienone is 5. The van der Waals surface area contributed by atoms with Gasteiger partial charge in [0.15, 0.2) is 0 Å². The monoisotopic (exact) mass is 318 g/mol. The standard InChI is InChI=1S/C12H22.C6H12.C5H8/c1-9-6-7-12-10(2)4-3-5-11(12)8-9;1-3-5-6-4-2;1-3-5-4-2/h9-12H,3-8H2,1-2H3;3,5H,4,6H2,1-2H3;3-5H,1H2,2H3/b;5-3+;5-4+/t9?,10-,11+,12+;;/m0../s1. The van der Waals surface area contributed by atoms with E-state index in [1.165, 1.54) is 44.9 Å². The van der Waals surface area contributed by atoms with Gasteiger partial charge in [-0.3, -0.25) is 0 Å². The molecule has 0 aliphatic heterocycles. The lowest BCUT2D eigenvalue weighted by Gasteiger charge is -2.42. The smallest absolute Gasteiger partial charge is 0.0353 e. The van der Waals surface area contributed by atoms with Crippen LogP contribution in [0.25, 0.3) is 0 Å². The Morgan fingerprint density at radius 1 is 1.00 bits per heavy atom. The van der Waals surface area contributed by atoms with Crippen LogP contribution >= 0.6 is 0 Å². The Labute approximate surface area is 147 Å². The predicted octanol–water partition coefficient (Wildman–Crippen LogP) is 7.97. The van der Waals surface area contributed by atoms with Crippen LogP contribution in [-0.4, -0.2) is 0 Å². The van der Waals surface area contributed by atoms with E-state index >= 15 is 0 Å². The van der Waals surface area contributed by atoms with E-state index in [-0.39, 0.29) is 0 Å². The van der Waals surface area contributed by atoms with E-state index in [2.05, 4.69) is 46.4 Å². The lowest BCUT2D eigenvalue weighted by atomic mass is 9.64. The summed E-state index contributed by atoms with van der Waals surface area (Å²) in [6, 6.07) is 0. The van der Waals surface area contributed by atoms with E-state index in [0.29, 0.717) is 0 Å². The average Bonchev–Trinajstić information content (AvgIpc) is 2.55. The molecule has 0 heteroatoms. The van der Waals surface area contributed by atoms with Crippen LogP contribution in [0.1, 0.15) is 86.0 Å². The normalized spacial score (nSPS) is 30.0. The van der Waals surface area contributed by atoms with Crippen LogP contribution in [0, 0.1) is 23.7 Å². The number of hydrogen-bond donors (Lipinski definition) is 0. The van der Waals surface area contributed by atoms with Crippen LogP contribution < -0.4 is 0 Å². The van der Waals surface area contributed by atoms with Gasteiger partial charge < -0.3 is 0 Å². The van der Waals surface area contributed by atoms with E-state index in [0.717, 1.165) is 23.7 Å². The Morgan fingerprint density at radius 3 is 2.22 bits per heavy atom. The summed E-state index contributed by atoms with van der Waals surface area (Å²) in [6.07, 6.45) is 21.5. The Bertz CT molecular complexity index is 323. The molecule has 0 heterocycles. The van der Waals surface area contributed by atoms with Gasteiger partial charge in [0.05, 0.1) is 0 Å². The van der Waals surface area contributed by atoms with Gasteiger partial charge in [0.1, 0.15) is 0 Å². The Balaban J connectivity index is 0.000000374. The fourth-order valence-electron chi connectivity index (χ4n) is 3.99. The minimum absolute atomic E-state index is 1.02. The summed E-state index contributed by atoms with van der Waals surface area (Å²) in [5.74, 6) is 4.28. The SMILES string of the molecule is C/C=C/CCC.C=C/C=C/C.CC1CC[C@H]2[C@H](CCC[C@@H]2C)C1. The van der Waals surface area contributed by atoms with Crippen molar-refractivity contribution in [3.8, 4) is 0 Å². The molecule has 0 aromatic carbocycles. The van der Waals surface area contributed by atoms with Gasteiger partial charge in [0.25, 0.3) is 0 Å². The molecule has 0 radical (unpaired) electrons. The van der Waals surface area contributed by atoms with Crippen molar-refractivity contribution in [2.45, 2.75) is 86.0 Å². The molecule has 0 spiro atoms. The highest BCUT2D eigenvalue weighted by atomic mass is 14.4. The van der Waals surface area contributed by atoms with Gasteiger partial charge in [-0.05, 0) is 56.8 Å². The van der Waals surface area contributed by atoms with Gasteiger partial charge in [0.2, 0.25) is 0 Å². The van der Waals surface area contributed by atoms with Gasteiger partial charge in [-0.25, -0.2) is 0 Å². The van der Waals surface area contributed by atoms with Crippen molar-refractivity contribution in [2.24, 2.45) is 23.7 Å². The number of rotatable bonds is 3. The molecule has 0 bridgehead atoms. The van der Waals surface area contributed by atoms with Gasteiger partial charge in [-0.1, -0.05) is 89.8 Å². The maximum absolute atomic E-state index is 3.46. The van der Waals surface area contributed by atoms with E-state index in [1.807, 2.05) is 19.1 Å². The van der Waals surface area contributed by atoms with Gasteiger partial charge >= 0.3 is 0 Å². The lowest BCUT2D eigenvalue weighted by molar-refractivity contribution is 0.0892. The molecule has 4 atom stereocenters. The molecule has 2 fully saturated rings.